The first kappa shape index (κ1) is 7.56. The van der Waals surface area contributed by atoms with Gasteiger partial charge in [-0.25, -0.2) is 0 Å². The third kappa shape index (κ3) is 0.926. The summed E-state index contributed by atoms with van der Waals surface area (Å²) < 4.78 is 0. The zero-order valence-electron chi connectivity index (χ0n) is 7.70. The molecule has 2 rings (SSSR count). The van der Waals surface area contributed by atoms with Gasteiger partial charge in [-0.05, 0) is 11.8 Å². The first-order valence-electron chi connectivity index (χ1n) is 4.52. The summed E-state index contributed by atoms with van der Waals surface area (Å²) in [5.41, 5.74) is 0.781. The van der Waals surface area contributed by atoms with E-state index in [2.05, 4.69) is 31.4 Å². The number of piperazine rings is 1. The van der Waals surface area contributed by atoms with Gasteiger partial charge in [-0.3, -0.25) is 0 Å². The van der Waals surface area contributed by atoms with Gasteiger partial charge in [-0.2, -0.15) is 0 Å². The second kappa shape index (κ2) is 1.99. The summed E-state index contributed by atoms with van der Waals surface area (Å²) in [6, 6.07) is 0.745. The second-order valence-electron chi connectivity index (χ2n) is 4.99. The molecule has 11 heavy (non-hydrogen) atoms. The average Bonchev–Trinajstić information content (AvgIpc) is 2.42. The van der Waals surface area contributed by atoms with Crippen LogP contribution in [0.1, 0.15) is 27.2 Å². The van der Waals surface area contributed by atoms with Gasteiger partial charge >= 0.3 is 0 Å². The molecule has 0 saturated carbocycles. The Hall–Kier alpha value is -0.0800. The lowest BCUT2D eigenvalue weighted by Gasteiger charge is -2.40. The van der Waals surface area contributed by atoms with Gasteiger partial charge in [0.1, 0.15) is 0 Å². The molecule has 0 aromatic heterocycles. The van der Waals surface area contributed by atoms with E-state index >= 15 is 0 Å². The standard InChI is InChI=1S/C9H18N2/c1-8(2,3)9-4-7(5-11-9)10-6-9/h7,10-11H,4-6H2,1-3H3/t7-,9+/m1/s1. The monoisotopic (exact) mass is 154 g/mol. The number of hydrogen-bond acceptors (Lipinski definition) is 2. The summed E-state index contributed by atoms with van der Waals surface area (Å²) in [5.74, 6) is 0. The Balaban J connectivity index is 2.23. The van der Waals surface area contributed by atoms with E-state index in [9.17, 15) is 0 Å². The zero-order valence-corrected chi connectivity index (χ0v) is 7.70. The van der Waals surface area contributed by atoms with E-state index in [-0.39, 0.29) is 0 Å². The SMILES string of the molecule is CC(C)(C)[C@]12CN[C@@H](CN1)C2. The fourth-order valence-electron chi connectivity index (χ4n) is 2.32. The fourth-order valence-corrected chi connectivity index (χ4v) is 2.32. The van der Waals surface area contributed by atoms with Gasteiger partial charge in [-0.1, -0.05) is 20.8 Å². The molecule has 0 amide bonds. The van der Waals surface area contributed by atoms with E-state index in [1.807, 2.05) is 0 Å². The van der Waals surface area contributed by atoms with Crippen LogP contribution in [0.25, 0.3) is 0 Å². The Morgan fingerprint density at radius 1 is 1.36 bits per heavy atom. The van der Waals surface area contributed by atoms with Crippen LogP contribution in [0.15, 0.2) is 0 Å². The quantitative estimate of drug-likeness (QED) is 0.537. The molecule has 0 aromatic rings. The van der Waals surface area contributed by atoms with Crippen LogP contribution < -0.4 is 10.6 Å². The van der Waals surface area contributed by atoms with E-state index in [0.717, 1.165) is 19.1 Å². The molecule has 2 heterocycles. The molecule has 64 valence electrons. The highest BCUT2D eigenvalue weighted by Gasteiger charge is 2.51. The van der Waals surface area contributed by atoms with Crippen LogP contribution in [-0.2, 0) is 0 Å². The second-order valence-corrected chi connectivity index (χ2v) is 4.99. The van der Waals surface area contributed by atoms with Crippen molar-refractivity contribution < 1.29 is 0 Å². The highest BCUT2D eigenvalue weighted by Crippen LogP contribution is 2.40. The average molecular weight is 154 g/mol. The van der Waals surface area contributed by atoms with Crippen LogP contribution in [0.4, 0.5) is 0 Å². The molecule has 2 bridgehead atoms. The van der Waals surface area contributed by atoms with Crippen LogP contribution in [0.5, 0.6) is 0 Å². The van der Waals surface area contributed by atoms with Crippen molar-refractivity contribution in [2.75, 3.05) is 13.1 Å². The summed E-state index contributed by atoms with van der Waals surface area (Å²) in [6.45, 7) is 9.30. The van der Waals surface area contributed by atoms with Crippen LogP contribution in [-0.4, -0.2) is 24.7 Å². The maximum absolute atomic E-state index is 3.65. The van der Waals surface area contributed by atoms with Crippen LogP contribution in [0.2, 0.25) is 0 Å². The largest absolute Gasteiger partial charge is 0.311 e. The highest BCUT2D eigenvalue weighted by molar-refractivity contribution is 5.12. The molecule has 0 radical (unpaired) electrons. The normalized spacial score (nSPS) is 43.4. The molecular formula is C9H18N2. The molecule has 2 aliphatic heterocycles. The van der Waals surface area contributed by atoms with Crippen LogP contribution >= 0.6 is 0 Å². The minimum atomic E-state index is 0.387. The maximum atomic E-state index is 3.65. The lowest BCUT2D eigenvalue weighted by Crippen LogP contribution is -2.57. The van der Waals surface area contributed by atoms with E-state index in [1.54, 1.807) is 0 Å². The Morgan fingerprint density at radius 3 is 2.27 bits per heavy atom. The Morgan fingerprint density at radius 2 is 2.09 bits per heavy atom. The number of rotatable bonds is 0. The van der Waals surface area contributed by atoms with Crippen LogP contribution in [0, 0.1) is 5.41 Å². The van der Waals surface area contributed by atoms with Crippen LogP contribution in [0.3, 0.4) is 0 Å². The van der Waals surface area contributed by atoms with E-state index in [0.29, 0.717) is 11.0 Å². The predicted molar refractivity (Wildman–Crippen MR) is 46.6 cm³/mol. The molecule has 2 fully saturated rings. The van der Waals surface area contributed by atoms with Crippen molar-refractivity contribution in [3.05, 3.63) is 0 Å². The summed E-state index contributed by atoms with van der Waals surface area (Å²) in [7, 11) is 0. The maximum Gasteiger partial charge on any atom is 0.0371 e. The summed E-state index contributed by atoms with van der Waals surface area (Å²) >= 11 is 0. The number of hydrogen-bond donors (Lipinski definition) is 2. The minimum Gasteiger partial charge on any atom is -0.311 e. The molecule has 2 heteroatoms. The summed E-state index contributed by atoms with van der Waals surface area (Å²) in [5, 5.41) is 7.19. The summed E-state index contributed by atoms with van der Waals surface area (Å²) in [6.07, 6.45) is 1.32. The Kier molecular flexibility index (Phi) is 1.37. The van der Waals surface area contributed by atoms with Gasteiger partial charge in [-0.15, -0.1) is 0 Å². The highest BCUT2D eigenvalue weighted by atomic mass is 15.2. The minimum absolute atomic E-state index is 0.387. The molecule has 2 saturated heterocycles. The molecule has 2 nitrogen and oxygen atoms in total. The molecular weight excluding hydrogens is 136 g/mol. The van der Waals surface area contributed by atoms with E-state index in [1.165, 1.54) is 6.42 Å². The van der Waals surface area contributed by atoms with Gasteiger partial charge in [0.2, 0.25) is 0 Å². The smallest absolute Gasteiger partial charge is 0.0371 e. The molecule has 2 atom stereocenters. The topological polar surface area (TPSA) is 24.1 Å². The zero-order chi connectivity index (χ0) is 8.11. The third-order valence-corrected chi connectivity index (χ3v) is 3.41. The van der Waals surface area contributed by atoms with Gasteiger partial charge in [0.25, 0.3) is 0 Å². The van der Waals surface area contributed by atoms with Gasteiger partial charge < -0.3 is 10.6 Å². The fraction of sp³-hybridized carbons (Fsp3) is 1.00. The lowest BCUT2D eigenvalue weighted by atomic mass is 9.74. The molecule has 0 aromatic carbocycles. The molecule has 2 aliphatic rings. The first-order chi connectivity index (χ1) is 5.04. The third-order valence-electron chi connectivity index (χ3n) is 3.41. The van der Waals surface area contributed by atoms with E-state index in [4.69, 9.17) is 0 Å². The van der Waals surface area contributed by atoms with Gasteiger partial charge in [0.15, 0.2) is 0 Å². The van der Waals surface area contributed by atoms with Crippen molar-refractivity contribution in [1.29, 1.82) is 0 Å². The summed E-state index contributed by atoms with van der Waals surface area (Å²) in [4.78, 5) is 0. The van der Waals surface area contributed by atoms with Crippen molar-refractivity contribution in [2.45, 2.75) is 38.8 Å². The van der Waals surface area contributed by atoms with Crippen molar-refractivity contribution in [2.24, 2.45) is 5.41 Å². The van der Waals surface area contributed by atoms with Gasteiger partial charge in [0, 0.05) is 24.7 Å². The molecule has 2 N–H and O–H groups in total. The Labute approximate surface area is 68.7 Å². The van der Waals surface area contributed by atoms with Gasteiger partial charge in [0.05, 0.1) is 0 Å². The lowest BCUT2D eigenvalue weighted by molar-refractivity contribution is 0.174. The van der Waals surface area contributed by atoms with Crippen molar-refractivity contribution in [3.63, 3.8) is 0 Å². The predicted octanol–water partition coefficient (Wildman–Crippen LogP) is 0.736. The molecule has 0 spiro atoms. The first-order valence-corrected chi connectivity index (χ1v) is 4.52. The number of fused-ring (bicyclic) bond motifs is 2. The molecule has 0 aliphatic carbocycles. The van der Waals surface area contributed by atoms with E-state index < -0.39 is 0 Å². The molecule has 0 unspecified atom stereocenters. The number of nitrogens with one attached hydrogen (secondary N) is 2. The van der Waals surface area contributed by atoms with Crippen molar-refractivity contribution in [3.8, 4) is 0 Å². The van der Waals surface area contributed by atoms with Crippen molar-refractivity contribution in [1.82, 2.24) is 10.6 Å². The van der Waals surface area contributed by atoms with Crippen molar-refractivity contribution >= 4 is 0 Å². The Bertz CT molecular complexity index is 161.